The molecule has 19 heavy (non-hydrogen) atoms. The lowest BCUT2D eigenvalue weighted by molar-refractivity contribution is -0.119. The Morgan fingerprint density at radius 3 is 2.42 bits per heavy atom. The van der Waals surface area contributed by atoms with Gasteiger partial charge in [-0.15, -0.1) is 0 Å². The lowest BCUT2D eigenvalue weighted by Gasteiger charge is -2.22. The van der Waals surface area contributed by atoms with E-state index in [4.69, 9.17) is 0 Å². The van der Waals surface area contributed by atoms with Crippen molar-refractivity contribution < 1.29 is 13.2 Å². The Balaban J connectivity index is 2.76. The van der Waals surface area contributed by atoms with Crippen molar-refractivity contribution in [2.24, 2.45) is 0 Å². The fourth-order valence-corrected chi connectivity index (χ4v) is 2.37. The second-order valence-corrected chi connectivity index (χ2v) is 5.65. The maximum absolute atomic E-state index is 12.3. The number of halogens is 4. The topological polar surface area (TPSA) is 15.3 Å². The van der Waals surface area contributed by atoms with Gasteiger partial charge in [0.2, 0.25) is 0 Å². The predicted octanol–water partition coefficient (Wildman–Crippen LogP) is 3.95. The molecule has 108 valence electrons. The van der Waals surface area contributed by atoms with Gasteiger partial charge < -0.3 is 10.2 Å². The zero-order valence-corrected chi connectivity index (χ0v) is 12.8. The van der Waals surface area contributed by atoms with Crippen LogP contribution < -0.4 is 10.2 Å². The highest BCUT2D eigenvalue weighted by Gasteiger charge is 2.29. The van der Waals surface area contributed by atoms with Crippen LogP contribution in [0.15, 0.2) is 22.7 Å². The number of nitrogens with one attached hydrogen (secondary N) is 1. The minimum atomic E-state index is -4.20. The lowest BCUT2D eigenvalue weighted by atomic mass is 10.2. The van der Waals surface area contributed by atoms with Gasteiger partial charge in [-0.1, -0.05) is 19.9 Å². The van der Waals surface area contributed by atoms with Gasteiger partial charge in [-0.25, -0.2) is 0 Å². The molecule has 0 heterocycles. The molecule has 0 aliphatic rings. The van der Waals surface area contributed by atoms with Crippen molar-refractivity contribution in [2.45, 2.75) is 32.6 Å². The van der Waals surface area contributed by atoms with Crippen LogP contribution in [0, 0.1) is 0 Å². The lowest BCUT2D eigenvalue weighted by Crippen LogP contribution is -2.31. The van der Waals surface area contributed by atoms with Gasteiger partial charge in [-0.05, 0) is 33.6 Å². The molecular weight excluding hydrogens is 321 g/mol. The summed E-state index contributed by atoms with van der Waals surface area (Å²) in [5.74, 6) is 0. The minimum Gasteiger partial charge on any atom is -0.365 e. The minimum absolute atomic E-state index is 0.367. The van der Waals surface area contributed by atoms with Crippen molar-refractivity contribution in [3.8, 4) is 0 Å². The average molecular weight is 339 g/mol. The van der Waals surface area contributed by atoms with Crippen LogP contribution in [0.25, 0.3) is 0 Å². The van der Waals surface area contributed by atoms with Gasteiger partial charge in [-0.3, -0.25) is 0 Å². The predicted molar refractivity (Wildman–Crippen MR) is 75.4 cm³/mol. The highest BCUT2D eigenvalue weighted by Crippen LogP contribution is 2.29. The Kier molecular flexibility index (Phi) is 5.67. The van der Waals surface area contributed by atoms with Crippen molar-refractivity contribution in [3.63, 3.8) is 0 Å². The van der Waals surface area contributed by atoms with Crippen LogP contribution in [0.1, 0.15) is 19.4 Å². The first-order valence-corrected chi connectivity index (χ1v) is 6.78. The number of nitrogens with zero attached hydrogens (tertiary/aromatic N) is 1. The number of hydrogen-bond donors (Lipinski definition) is 1. The van der Waals surface area contributed by atoms with E-state index in [1.54, 1.807) is 6.07 Å². The molecule has 2 nitrogen and oxygen atoms in total. The molecule has 0 spiro atoms. The first-order chi connectivity index (χ1) is 8.69. The van der Waals surface area contributed by atoms with E-state index >= 15 is 0 Å². The monoisotopic (exact) mass is 338 g/mol. The zero-order valence-electron chi connectivity index (χ0n) is 11.2. The molecule has 0 fully saturated rings. The number of rotatable bonds is 5. The summed E-state index contributed by atoms with van der Waals surface area (Å²) < 4.78 is 37.7. The van der Waals surface area contributed by atoms with E-state index < -0.39 is 12.7 Å². The summed E-state index contributed by atoms with van der Waals surface area (Å²) in [6.45, 7) is 3.82. The third kappa shape index (κ3) is 5.82. The van der Waals surface area contributed by atoms with E-state index in [1.165, 1.54) is 11.9 Å². The summed E-state index contributed by atoms with van der Waals surface area (Å²) in [6.07, 6.45) is -4.20. The van der Waals surface area contributed by atoms with Crippen molar-refractivity contribution in [1.29, 1.82) is 0 Å². The highest BCUT2D eigenvalue weighted by molar-refractivity contribution is 9.10. The van der Waals surface area contributed by atoms with Gasteiger partial charge in [0.1, 0.15) is 6.54 Å². The SMILES string of the molecule is CC(C)NCc1ccc(N(C)CC(F)(F)F)c(Br)c1. The van der Waals surface area contributed by atoms with Crippen LogP contribution >= 0.6 is 15.9 Å². The van der Waals surface area contributed by atoms with Crippen LogP contribution in [-0.4, -0.2) is 25.8 Å². The molecule has 1 aromatic rings. The Hall–Kier alpha value is -0.750. The molecular formula is C13H18BrF3N2. The Labute approximate surface area is 120 Å². The number of anilines is 1. The summed E-state index contributed by atoms with van der Waals surface area (Å²) in [7, 11) is 1.43. The summed E-state index contributed by atoms with van der Waals surface area (Å²) in [5.41, 5.74) is 1.57. The van der Waals surface area contributed by atoms with E-state index in [0.717, 1.165) is 5.56 Å². The number of hydrogen-bond acceptors (Lipinski definition) is 2. The molecule has 0 saturated carbocycles. The molecule has 1 rings (SSSR count). The zero-order chi connectivity index (χ0) is 14.6. The Morgan fingerprint density at radius 2 is 1.95 bits per heavy atom. The maximum atomic E-state index is 12.3. The molecule has 0 unspecified atom stereocenters. The molecule has 6 heteroatoms. The van der Waals surface area contributed by atoms with Gasteiger partial charge >= 0.3 is 6.18 Å². The molecule has 0 atom stereocenters. The quantitative estimate of drug-likeness (QED) is 0.874. The van der Waals surface area contributed by atoms with Crippen molar-refractivity contribution in [3.05, 3.63) is 28.2 Å². The standard InChI is InChI=1S/C13H18BrF3N2/c1-9(2)18-7-10-4-5-12(11(14)6-10)19(3)8-13(15,16)17/h4-6,9,18H,7-8H2,1-3H3. The summed E-state index contributed by atoms with van der Waals surface area (Å²) in [6, 6.07) is 5.75. The van der Waals surface area contributed by atoms with Crippen LogP contribution in [0.4, 0.5) is 18.9 Å². The van der Waals surface area contributed by atoms with E-state index in [0.29, 0.717) is 22.7 Å². The molecule has 0 aliphatic heterocycles. The average Bonchev–Trinajstić information content (AvgIpc) is 2.23. The van der Waals surface area contributed by atoms with Crippen LogP contribution in [0.2, 0.25) is 0 Å². The van der Waals surface area contributed by atoms with Gasteiger partial charge in [-0.2, -0.15) is 13.2 Å². The van der Waals surface area contributed by atoms with Gasteiger partial charge in [0, 0.05) is 24.1 Å². The van der Waals surface area contributed by atoms with Crippen LogP contribution in [-0.2, 0) is 6.54 Å². The Bertz CT molecular complexity index is 419. The van der Waals surface area contributed by atoms with E-state index in [1.807, 2.05) is 26.0 Å². The first kappa shape index (κ1) is 16.3. The third-order valence-electron chi connectivity index (χ3n) is 2.55. The fourth-order valence-electron chi connectivity index (χ4n) is 1.65. The van der Waals surface area contributed by atoms with Crippen molar-refractivity contribution in [2.75, 3.05) is 18.5 Å². The van der Waals surface area contributed by atoms with Gasteiger partial charge in [0.25, 0.3) is 0 Å². The van der Waals surface area contributed by atoms with E-state index in [2.05, 4.69) is 21.2 Å². The van der Waals surface area contributed by atoms with Gasteiger partial charge in [0.15, 0.2) is 0 Å². The van der Waals surface area contributed by atoms with Crippen molar-refractivity contribution >= 4 is 21.6 Å². The molecule has 1 N–H and O–H groups in total. The Morgan fingerprint density at radius 1 is 1.32 bits per heavy atom. The van der Waals surface area contributed by atoms with E-state index in [9.17, 15) is 13.2 Å². The molecule has 1 aromatic carbocycles. The fraction of sp³-hybridized carbons (Fsp3) is 0.538. The highest BCUT2D eigenvalue weighted by atomic mass is 79.9. The third-order valence-corrected chi connectivity index (χ3v) is 3.19. The van der Waals surface area contributed by atoms with Crippen LogP contribution in [0.5, 0.6) is 0 Å². The molecule has 0 aromatic heterocycles. The van der Waals surface area contributed by atoms with Crippen molar-refractivity contribution in [1.82, 2.24) is 5.32 Å². The summed E-state index contributed by atoms with van der Waals surface area (Å²) in [5, 5.41) is 3.26. The number of alkyl halides is 3. The largest absolute Gasteiger partial charge is 0.405 e. The molecule has 0 amide bonds. The van der Waals surface area contributed by atoms with Gasteiger partial charge in [0.05, 0.1) is 5.69 Å². The van der Waals surface area contributed by atoms with E-state index in [-0.39, 0.29) is 0 Å². The maximum Gasteiger partial charge on any atom is 0.405 e. The molecule has 0 bridgehead atoms. The summed E-state index contributed by atoms with van der Waals surface area (Å²) in [4.78, 5) is 1.18. The molecule has 0 saturated heterocycles. The summed E-state index contributed by atoms with van der Waals surface area (Å²) >= 11 is 3.33. The van der Waals surface area contributed by atoms with Crippen LogP contribution in [0.3, 0.4) is 0 Å². The second kappa shape index (κ2) is 6.61. The number of benzene rings is 1. The normalized spacial score (nSPS) is 12.0. The first-order valence-electron chi connectivity index (χ1n) is 5.99. The molecule has 0 aliphatic carbocycles. The molecule has 0 radical (unpaired) electrons. The smallest absolute Gasteiger partial charge is 0.365 e. The second-order valence-electron chi connectivity index (χ2n) is 4.79.